The number of aromatic nitrogens is 1. The van der Waals surface area contributed by atoms with Crippen LogP contribution in [0.4, 0.5) is 5.69 Å². The molecule has 0 spiro atoms. The Kier molecular flexibility index (Phi) is 3.60. The molecule has 148 valence electrons. The molecule has 30 heavy (non-hydrogen) atoms. The molecule has 2 heterocycles. The molecule has 2 bridgehead atoms. The van der Waals surface area contributed by atoms with Gasteiger partial charge >= 0.3 is 0 Å². The molecule has 2 aromatic carbocycles. The molecule has 6 nitrogen and oxygen atoms in total. The van der Waals surface area contributed by atoms with E-state index in [4.69, 9.17) is 0 Å². The molecule has 6 heteroatoms. The molecule has 6 rings (SSSR count). The number of benzene rings is 2. The summed E-state index contributed by atoms with van der Waals surface area (Å²) < 4.78 is 0. The van der Waals surface area contributed by atoms with Crippen molar-refractivity contribution in [3.8, 4) is 0 Å². The van der Waals surface area contributed by atoms with Gasteiger partial charge in [0, 0.05) is 10.8 Å². The second-order valence-corrected chi connectivity index (χ2v) is 8.33. The number of imide groups is 1. The molecule has 4 unspecified atom stereocenters. The summed E-state index contributed by atoms with van der Waals surface area (Å²) in [6, 6.07) is 15.2. The zero-order valence-electron chi connectivity index (χ0n) is 16.1. The molecular formula is C24H19N3O3. The van der Waals surface area contributed by atoms with Crippen LogP contribution in [0.5, 0.6) is 0 Å². The Morgan fingerprint density at radius 2 is 1.43 bits per heavy atom. The molecule has 3 aliphatic rings. The van der Waals surface area contributed by atoms with Crippen LogP contribution in [0, 0.1) is 23.7 Å². The number of anilines is 1. The maximum Gasteiger partial charge on any atom is 0.244 e. The van der Waals surface area contributed by atoms with Gasteiger partial charge in [0.25, 0.3) is 0 Å². The Morgan fingerprint density at radius 3 is 2.00 bits per heavy atom. The van der Waals surface area contributed by atoms with Crippen molar-refractivity contribution in [1.82, 2.24) is 9.88 Å². The molecule has 1 aromatic heterocycles. The van der Waals surface area contributed by atoms with E-state index in [9.17, 15) is 14.4 Å². The van der Waals surface area contributed by atoms with Crippen LogP contribution >= 0.6 is 0 Å². The number of carbonyl (C=O) groups excluding carboxylic acids is 3. The van der Waals surface area contributed by atoms with E-state index in [2.05, 4.69) is 22.5 Å². The van der Waals surface area contributed by atoms with Gasteiger partial charge in [-0.1, -0.05) is 48.6 Å². The number of fused-ring (bicyclic) bond motifs is 7. The summed E-state index contributed by atoms with van der Waals surface area (Å²) >= 11 is 0. The molecule has 1 saturated carbocycles. The van der Waals surface area contributed by atoms with Crippen LogP contribution in [0.25, 0.3) is 21.8 Å². The van der Waals surface area contributed by atoms with Gasteiger partial charge in [-0.2, -0.15) is 0 Å². The van der Waals surface area contributed by atoms with Crippen molar-refractivity contribution in [1.29, 1.82) is 0 Å². The molecule has 3 aromatic rings. The van der Waals surface area contributed by atoms with E-state index in [0.717, 1.165) is 33.1 Å². The molecular weight excluding hydrogens is 378 g/mol. The van der Waals surface area contributed by atoms with E-state index in [1.165, 1.54) is 0 Å². The average Bonchev–Trinajstić information content (AvgIpc) is 3.44. The van der Waals surface area contributed by atoms with Crippen LogP contribution in [0.15, 0.2) is 60.7 Å². The van der Waals surface area contributed by atoms with E-state index in [0.29, 0.717) is 5.69 Å². The van der Waals surface area contributed by atoms with Crippen molar-refractivity contribution in [2.24, 2.45) is 23.7 Å². The van der Waals surface area contributed by atoms with Crippen LogP contribution in [0.1, 0.15) is 6.42 Å². The third-order valence-electron chi connectivity index (χ3n) is 6.72. The topological polar surface area (TPSA) is 79.4 Å². The first-order valence-corrected chi connectivity index (χ1v) is 10.2. The average molecular weight is 397 g/mol. The molecule has 1 N–H and O–H groups in total. The Morgan fingerprint density at radius 1 is 0.900 bits per heavy atom. The number of amides is 3. The highest BCUT2D eigenvalue weighted by Gasteiger charge is 2.59. The summed E-state index contributed by atoms with van der Waals surface area (Å²) in [6.07, 6.45) is 4.98. The van der Waals surface area contributed by atoms with Gasteiger partial charge in [0.05, 0.1) is 28.6 Å². The van der Waals surface area contributed by atoms with Crippen LogP contribution in [-0.2, 0) is 14.4 Å². The highest BCUT2D eigenvalue weighted by Crippen LogP contribution is 2.52. The number of para-hydroxylation sites is 2. The van der Waals surface area contributed by atoms with Gasteiger partial charge in [0.15, 0.2) is 0 Å². The molecule has 3 amide bonds. The lowest BCUT2D eigenvalue weighted by molar-refractivity contribution is -0.143. The lowest BCUT2D eigenvalue weighted by Gasteiger charge is -2.18. The van der Waals surface area contributed by atoms with Crippen molar-refractivity contribution < 1.29 is 14.4 Å². The number of allylic oxidation sites excluding steroid dienone is 2. The standard InChI is InChI=1S/C24H19N3O3/c28-19(12-27-23(29)20-13-9-10-14(11-13)21(20)24(27)30)26-22-15-5-1-3-7-17(15)25-18-8-4-2-6-16(18)22/h1-10,13-14,20-21H,11-12H2,(H,25,26,28). The summed E-state index contributed by atoms with van der Waals surface area (Å²) in [5, 5.41) is 4.60. The van der Waals surface area contributed by atoms with Crippen LogP contribution in [-0.4, -0.2) is 34.2 Å². The number of nitrogens with zero attached hydrogens (tertiary/aromatic N) is 2. The van der Waals surface area contributed by atoms with Crippen LogP contribution < -0.4 is 5.32 Å². The first kappa shape index (κ1) is 17.3. The molecule has 4 atom stereocenters. The minimum absolute atomic E-state index is 0.137. The predicted octanol–water partition coefficient (Wildman–Crippen LogP) is 3.13. The van der Waals surface area contributed by atoms with Crippen molar-refractivity contribution in [3.63, 3.8) is 0 Å². The lowest BCUT2D eigenvalue weighted by Crippen LogP contribution is -2.39. The summed E-state index contributed by atoms with van der Waals surface area (Å²) in [6.45, 7) is -0.255. The van der Waals surface area contributed by atoms with E-state index < -0.39 is 0 Å². The van der Waals surface area contributed by atoms with Gasteiger partial charge in [-0.05, 0) is 30.4 Å². The number of pyridine rings is 1. The maximum absolute atomic E-state index is 13.0. The number of hydrogen-bond acceptors (Lipinski definition) is 4. The Balaban J connectivity index is 1.31. The Hall–Kier alpha value is -3.54. The normalized spacial score (nSPS) is 26.7. The SMILES string of the molecule is O=C(CN1C(=O)C2C3C=CC(C3)C2C1=O)Nc1c2ccccc2nc2ccccc12. The number of rotatable bonds is 3. The Labute approximate surface area is 172 Å². The lowest BCUT2D eigenvalue weighted by atomic mass is 9.85. The molecule has 1 saturated heterocycles. The fourth-order valence-corrected chi connectivity index (χ4v) is 5.42. The van der Waals surface area contributed by atoms with Gasteiger partial charge in [-0.25, -0.2) is 4.98 Å². The number of likely N-dealkylation sites (tertiary alicyclic amines) is 1. The van der Waals surface area contributed by atoms with E-state index in [1.54, 1.807) is 0 Å². The highest BCUT2D eigenvalue weighted by atomic mass is 16.2. The van der Waals surface area contributed by atoms with E-state index in [1.807, 2.05) is 48.5 Å². The zero-order valence-corrected chi connectivity index (χ0v) is 16.1. The van der Waals surface area contributed by atoms with E-state index in [-0.39, 0.29) is 47.9 Å². The third-order valence-corrected chi connectivity index (χ3v) is 6.72. The fourth-order valence-electron chi connectivity index (χ4n) is 5.42. The number of carbonyl (C=O) groups is 3. The zero-order chi connectivity index (χ0) is 20.4. The molecule has 2 fully saturated rings. The highest BCUT2D eigenvalue weighted by molar-refractivity contribution is 6.15. The maximum atomic E-state index is 13.0. The summed E-state index contributed by atoms with van der Waals surface area (Å²) in [7, 11) is 0. The fraction of sp³-hybridized carbons (Fsp3) is 0.250. The van der Waals surface area contributed by atoms with Crippen molar-refractivity contribution in [2.45, 2.75) is 6.42 Å². The van der Waals surface area contributed by atoms with Gasteiger partial charge in [0.1, 0.15) is 6.54 Å². The summed E-state index contributed by atoms with van der Waals surface area (Å²) in [4.78, 5) is 44.5. The summed E-state index contributed by atoms with van der Waals surface area (Å²) in [5.41, 5.74) is 2.20. The van der Waals surface area contributed by atoms with Crippen LogP contribution in [0.2, 0.25) is 0 Å². The second-order valence-electron chi connectivity index (χ2n) is 8.33. The first-order chi connectivity index (χ1) is 14.6. The van der Waals surface area contributed by atoms with Gasteiger partial charge in [0.2, 0.25) is 17.7 Å². The molecule has 2 aliphatic carbocycles. The van der Waals surface area contributed by atoms with Crippen LogP contribution in [0.3, 0.4) is 0 Å². The van der Waals surface area contributed by atoms with Crippen molar-refractivity contribution in [3.05, 3.63) is 60.7 Å². The predicted molar refractivity (Wildman–Crippen MR) is 112 cm³/mol. The minimum Gasteiger partial charge on any atom is -0.323 e. The molecule has 1 aliphatic heterocycles. The van der Waals surface area contributed by atoms with Crippen molar-refractivity contribution in [2.75, 3.05) is 11.9 Å². The van der Waals surface area contributed by atoms with Gasteiger partial charge in [-0.15, -0.1) is 0 Å². The molecule has 0 radical (unpaired) electrons. The monoisotopic (exact) mass is 397 g/mol. The number of nitrogens with one attached hydrogen (secondary N) is 1. The summed E-state index contributed by atoms with van der Waals surface area (Å²) in [5.74, 6) is -1.10. The number of hydrogen-bond donors (Lipinski definition) is 1. The van der Waals surface area contributed by atoms with Crippen molar-refractivity contribution >= 4 is 45.2 Å². The third kappa shape index (κ3) is 2.36. The van der Waals surface area contributed by atoms with E-state index >= 15 is 0 Å². The first-order valence-electron chi connectivity index (χ1n) is 10.2. The quantitative estimate of drug-likeness (QED) is 0.418. The van der Waals surface area contributed by atoms with Gasteiger partial charge in [-0.3, -0.25) is 19.3 Å². The Bertz CT molecular complexity index is 1200. The largest absolute Gasteiger partial charge is 0.323 e. The minimum atomic E-state index is -0.376. The van der Waals surface area contributed by atoms with Gasteiger partial charge < -0.3 is 5.32 Å². The smallest absolute Gasteiger partial charge is 0.244 e. The second kappa shape index (κ2) is 6.23.